The summed E-state index contributed by atoms with van der Waals surface area (Å²) in [6, 6.07) is 7.67. The van der Waals surface area contributed by atoms with Crippen LogP contribution < -0.4 is 0 Å². The van der Waals surface area contributed by atoms with E-state index in [9.17, 15) is 19.2 Å². The molecule has 2 aromatic heterocycles. The van der Waals surface area contributed by atoms with E-state index in [-0.39, 0.29) is 37.0 Å². The summed E-state index contributed by atoms with van der Waals surface area (Å²) >= 11 is 2.57. The Bertz CT molecular complexity index is 1630. The van der Waals surface area contributed by atoms with Crippen LogP contribution in [0.1, 0.15) is 61.6 Å². The predicted molar refractivity (Wildman–Crippen MR) is 164 cm³/mol. The molecule has 14 heteroatoms. The molecule has 0 N–H and O–H groups in total. The van der Waals surface area contributed by atoms with Crippen LogP contribution in [0, 0.1) is 19.8 Å². The number of hydrogen-bond donors (Lipinski definition) is 0. The molecule has 2 aliphatic rings. The summed E-state index contributed by atoms with van der Waals surface area (Å²) in [5.74, 6) is -2.26. The Labute approximate surface area is 263 Å². The number of aromatic nitrogens is 4. The Kier molecular flexibility index (Phi) is 8.76. The molecule has 1 aromatic carbocycles. The van der Waals surface area contributed by atoms with Gasteiger partial charge in [0, 0.05) is 11.8 Å². The molecule has 2 saturated heterocycles. The van der Waals surface area contributed by atoms with Crippen molar-refractivity contribution in [1.82, 2.24) is 24.9 Å². The summed E-state index contributed by atoms with van der Waals surface area (Å²) in [6.45, 7) is 10.3. The fraction of sp³-hybridized carbons (Fsp3) is 0.467. The molecule has 44 heavy (non-hydrogen) atoms. The van der Waals surface area contributed by atoms with Crippen molar-refractivity contribution in [3.8, 4) is 0 Å². The lowest BCUT2D eigenvalue weighted by Gasteiger charge is -2.40. The number of Topliss-reactive ketones (excluding diaryl/α,β-unsaturated/α-hetero) is 2. The van der Waals surface area contributed by atoms with Crippen LogP contribution in [-0.2, 0) is 46.7 Å². The average molecular weight is 639 g/mol. The quantitative estimate of drug-likeness (QED) is 0.125. The van der Waals surface area contributed by atoms with E-state index in [4.69, 9.17) is 9.57 Å². The molecule has 1 unspecified atom stereocenters. The maximum Gasteiger partial charge on any atom is 0.346 e. The number of aryl methyl sites for hydroxylation is 3. The fourth-order valence-electron chi connectivity index (χ4n) is 4.71. The number of nitrogens with zero attached hydrogens (tertiary/aromatic N) is 6. The third-order valence-corrected chi connectivity index (χ3v) is 10.2. The Balaban J connectivity index is 1.38. The normalized spacial score (nSPS) is 21.5. The van der Waals surface area contributed by atoms with Gasteiger partial charge in [0.15, 0.2) is 22.9 Å². The van der Waals surface area contributed by atoms with Crippen LogP contribution in [0.4, 0.5) is 0 Å². The zero-order chi connectivity index (χ0) is 31.8. The SMILES string of the molecule is CCc1cn([C@]2(C(=O)OCc3ccc(C)cc3)CN3C(=O)[C@@H](CC(=O)/C(=N\OC(C)(C)C(C)=O)c4csc(C)n4)C3S2)nn1. The molecular formula is C30H34N6O6S2. The average Bonchev–Trinajstić information content (AvgIpc) is 3.73. The molecule has 2 aliphatic heterocycles. The second-order valence-electron chi connectivity index (χ2n) is 11.4. The Hall–Kier alpha value is -3.91. The van der Waals surface area contributed by atoms with Gasteiger partial charge in [-0.05, 0) is 46.6 Å². The summed E-state index contributed by atoms with van der Waals surface area (Å²) in [7, 11) is 0. The van der Waals surface area contributed by atoms with Crippen molar-refractivity contribution < 1.29 is 28.8 Å². The molecule has 3 aromatic rings. The lowest BCUT2D eigenvalue weighted by molar-refractivity contribution is -0.156. The fourth-order valence-corrected chi connectivity index (χ4v) is 6.96. The number of rotatable bonds is 12. The smallest absolute Gasteiger partial charge is 0.346 e. The molecule has 0 aliphatic carbocycles. The number of oxime groups is 1. The van der Waals surface area contributed by atoms with E-state index in [1.54, 1.807) is 37.2 Å². The van der Waals surface area contributed by atoms with E-state index in [0.717, 1.165) is 16.1 Å². The number of hydrogen-bond acceptors (Lipinski definition) is 12. The molecule has 0 bridgehead atoms. The van der Waals surface area contributed by atoms with E-state index in [1.165, 1.54) is 34.7 Å². The number of benzene rings is 1. The maximum absolute atomic E-state index is 13.8. The number of fused-ring (bicyclic) bond motifs is 1. The van der Waals surface area contributed by atoms with E-state index in [1.807, 2.05) is 38.1 Å². The zero-order valence-electron chi connectivity index (χ0n) is 25.4. The van der Waals surface area contributed by atoms with Crippen LogP contribution >= 0.6 is 23.1 Å². The number of thiazole rings is 1. The molecule has 12 nitrogen and oxygen atoms in total. The zero-order valence-corrected chi connectivity index (χ0v) is 27.0. The number of carbonyl (C=O) groups is 4. The van der Waals surface area contributed by atoms with Crippen LogP contribution in [0.25, 0.3) is 0 Å². The topological polar surface area (TPSA) is 146 Å². The highest BCUT2D eigenvalue weighted by atomic mass is 32.2. The van der Waals surface area contributed by atoms with Crippen LogP contribution in [-0.4, -0.2) is 71.6 Å². The summed E-state index contributed by atoms with van der Waals surface area (Å²) < 4.78 is 7.26. The molecule has 3 atom stereocenters. The Morgan fingerprint density at radius 2 is 1.91 bits per heavy atom. The van der Waals surface area contributed by atoms with E-state index in [0.29, 0.717) is 17.8 Å². The van der Waals surface area contributed by atoms with Gasteiger partial charge < -0.3 is 14.5 Å². The molecule has 4 heterocycles. The lowest BCUT2D eigenvalue weighted by atomic mass is 9.90. The molecule has 0 saturated carbocycles. The summed E-state index contributed by atoms with van der Waals surface area (Å²) in [5.41, 5.74) is 1.60. The molecule has 1 amide bonds. The number of β-lactam (4-membered cyclic amide) rings is 1. The molecular weight excluding hydrogens is 605 g/mol. The van der Waals surface area contributed by atoms with Crippen LogP contribution in [0.15, 0.2) is 41.0 Å². The van der Waals surface area contributed by atoms with Crippen LogP contribution in [0.2, 0.25) is 0 Å². The molecule has 232 valence electrons. The first kappa shape index (κ1) is 31.5. The van der Waals surface area contributed by atoms with E-state index in [2.05, 4.69) is 20.5 Å². The minimum atomic E-state index is -1.37. The number of ketones is 2. The van der Waals surface area contributed by atoms with Crippen molar-refractivity contribution in [3.63, 3.8) is 0 Å². The largest absolute Gasteiger partial charge is 0.458 e. The van der Waals surface area contributed by atoms with Crippen molar-refractivity contribution in [3.05, 3.63) is 63.4 Å². The predicted octanol–water partition coefficient (Wildman–Crippen LogP) is 3.59. The first-order valence-corrected chi connectivity index (χ1v) is 16.0. The Morgan fingerprint density at radius 3 is 2.52 bits per heavy atom. The van der Waals surface area contributed by atoms with Crippen molar-refractivity contribution in [2.45, 2.75) is 76.8 Å². The summed E-state index contributed by atoms with van der Waals surface area (Å²) in [5, 5.41) is 14.4. The summed E-state index contributed by atoms with van der Waals surface area (Å²) in [4.78, 5) is 62.9. The number of amides is 1. The second-order valence-corrected chi connectivity index (χ2v) is 13.9. The van der Waals surface area contributed by atoms with Gasteiger partial charge in [-0.3, -0.25) is 14.4 Å². The Morgan fingerprint density at radius 1 is 1.18 bits per heavy atom. The molecule has 0 spiro atoms. The number of carbonyl (C=O) groups excluding carboxylic acids is 4. The number of esters is 1. The molecule has 5 rings (SSSR count). The van der Waals surface area contributed by atoms with Gasteiger partial charge in [-0.2, -0.15) is 0 Å². The van der Waals surface area contributed by atoms with Crippen molar-refractivity contribution in [2.75, 3.05) is 6.54 Å². The monoisotopic (exact) mass is 638 g/mol. The van der Waals surface area contributed by atoms with Crippen LogP contribution in [0.3, 0.4) is 0 Å². The van der Waals surface area contributed by atoms with Gasteiger partial charge in [0.2, 0.25) is 10.8 Å². The number of thioether (sulfide) groups is 1. The second kappa shape index (κ2) is 12.2. The van der Waals surface area contributed by atoms with Crippen molar-refractivity contribution in [1.29, 1.82) is 0 Å². The summed E-state index contributed by atoms with van der Waals surface area (Å²) in [6.07, 6.45) is 2.13. The van der Waals surface area contributed by atoms with Crippen molar-refractivity contribution >= 4 is 52.3 Å². The third-order valence-electron chi connectivity index (χ3n) is 7.78. The minimum Gasteiger partial charge on any atom is -0.458 e. The van der Waals surface area contributed by atoms with Gasteiger partial charge in [-0.1, -0.05) is 58.9 Å². The van der Waals surface area contributed by atoms with Gasteiger partial charge in [0.05, 0.1) is 34.7 Å². The highest BCUT2D eigenvalue weighted by molar-refractivity contribution is 8.01. The van der Waals surface area contributed by atoms with Gasteiger partial charge >= 0.3 is 5.97 Å². The van der Waals surface area contributed by atoms with Crippen LogP contribution in [0.5, 0.6) is 0 Å². The first-order chi connectivity index (χ1) is 20.8. The van der Waals surface area contributed by atoms with Gasteiger partial charge in [0.25, 0.3) is 0 Å². The first-order valence-electron chi connectivity index (χ1n) is 14.2. The third kappa shape index (κ3) is 6.05. The van der Waals surface area contributed by atoms with Crippen molar-refractivity contribution in [2.24, 2.45) is 11.1 Å². The van der Waals surface area contributed by atoms with Gasteiger partial charge in [-0.15, -0.1) is 16.4 Å². The van der Waals surface area contributed by atoms with Gasteiger partial charge in [0.1, 0.15) is 12.3 Å². The molecule has 0 radical (unpaired) electrons. The molecule has 2 fully saturated rings. The minimum absolute atomic E-state index is 0.0211. The van der Waals surface area contributed by atoms with E-state index >= 15 is 0 Å². The standard InChI is InChI=1S/C30H34N6O6S2/c1-7-21-13-36(34-32-21)30(28(40)41-14-20-10-8-17(2)9-11-20)16-35-26(39)22(27(35)44-30)12-24(38)25(23-15-43-19(4)31-23)33-42-29(5,6)18(3)37/h8-11,13,15,22,27H,7,12,14,16H2,1-6H3/b33-25-/t22-,27?,30-/m1/s1. The maximum atomic E-state index is 13.8. The highest BCUT2D eigenvalue weighted by Gasteiger charge is 2.64. The van der Waals surface area contributed by atoms with Gasteiger partial charge in [-0.25, -0.2) is 14.5 Å². The highest BCUT2D eigenvalue weighted by Crippen LogP contribution is 2.53. The van der Waals surface area contributed by atoms with E-state index < -0.39 is 33.5 Å². The lowest BCUT2D eigenvalue weighted by Crippen LogP contribution is -2.57. The number of ether oxygens (including phenoxy) is 1.